The normalized spacial score (nSPS) is 11.1. The van der Waals surface area contributed by atoms with E-state index in [4.69, 9.17) is 9.64 Å². The average Bonchev–Trinajstić information content (AvgIpc) is 3.36. The van der Waals surface area contributed by atoms with Crippen molar-refractivity contribution in [3.63, 3.8) is 0 Å². The summed E-state index contributed by atoms with van der Waals surface area (Å²) in [6.07, 6.45) is 0. The molecule has 2 aromatic heterocycles. The van der Waals surface area contributed by atoms with Gasteiger partial charge in [0.25, 0.3) is 0 Å². The zero-order valence-electron chi connectivity index (χ0n) is 21.7. The molecule has 0 atom stereocenters. The minimum absolute atomic E-state index is 0.355. The highest BCUT2D eigenvalue weighted by molar-refractivity contribution is 6.17. The molecule has 0 bridgehead atoms. The molecule has 0 amide bonds. The van der Waals surface area contributed by atoms with Crippen LogP contribution in [0.4, 0.5) is 0 Å². The number of pyridine rings is 1. The summed E-state index contributed by atoms with van der Waals surface area (Å²) in [5.41, 5.74) is 9.49. The molecule has 40 heavy (non-hydrogen) atoms. The van der Waals surface area contributed by atoms with Crippen LogP contribution in [0.1, 0.15) is 0 Å². The number of fused-ring (bicyclic) bond motifs is 3. The number of rotatable bonds is 6. The van der Waals surface area contributed by atoms with Gasteiger partial charge in [0, 0.05) is 27.6 Å². The van der Waals surface area contributed by atoms with E-state index in [1.54, 1.807) is 0 Å². The van der Waals surface area contributed by atoms with Crippen molar-refractivity contribution in [2.45, 2.75) is 0 Å². The number of hydrogen-bond acceptors (Lipinski definition) is 3. The molecule has 0 spiro atoms. The Morgan fingerprint density at radius 3 is 1.95 bits per heavy atom. The second kappa shape index (κ2) is 10.2. The summed E-state index contributed by atoms with van der Waals surface area (Å²) in [6, 6.07) is 48.0. The summed E-state index contributed by atoms with van der Waals surface area (Å²) >= 11 is 0. The second-order valence-corrected chi connectivity index (χ2v) is 9.71. The van der Waals surface area contributed by atoms with Gasteiger partial charge in [0.15, 0.2) is 0 Å². The van der Waals surface area contributed by atoms with Gasteiger partial charge < -0.3 is 14.2 Å². The molecule has 0 aliphatic carbocycles. The van der Waals surface area contributed by atoms with Crippen LogP contribution in [-0.4, -0.2) is 22.3 Å². The highest BCUT2D eigenvalue weighted by Gasteiger charge is 2.15. The molecule has 2 heterocycles. The Bertz CT molecular complexity index is 1910. The molecule has 4 nitrogen and oxygen atoms in total. The molecule has 1 N–H and O–H groups in total. The van der Waals surface area contributed by atoms with E-state index < -0.39 is 0 Å². The van der Waals surface area contributed by atoms with Crippen molar-refractivity contribution in [1.29, 1.82) is 0 Å². The standard InChI is InChI=1S/C35H25BN2O2/c39-36-40-29-18-19-35-31(23-29)30-16-7-8-17-34(30)38(35)28-15-9-14-26(20-28)33-22-27(24-10-3-1-4-11-24)21-32(37-33)25-12-5-2-6-13-25/h1-23,36,39H. The van der Waals surface area contributed by atoms with Crippen LogP contribution in [0.5, 0.6) is 5.75 Å². The second-order valence-electron chi connectivity index (χ2n) is 9.71. The van der Waals surface area contributed by atoms with Crippen molar-refractivity contribution in [2.75, 3.05) is 0 Å². The Hall–Kier alpha value is -5.13. The van der Waals surface area contributed by atoms with Gasteiger partial charge in [0.2, 0.25) is 0 Å². The Morgan fingerprint density at radius 2 is 1.18 bits per heavy atom. The van der Waals surface area contributed by atoms with Crippen molar-refractivity contribution in [3.05, 3.63) is 140 Å². The van der Waals surface area contributed by atoms with E-state index in [1.807, 2.05) is 42.5 Å². The number of nitrogens with zero attached hydrogens (tertiary/aromatic N) is 2. The molecule has 5 heteroatoms. The zero-order valence-corrected chi connectivity index (χ0v) is 21.7. The third kappa shape index (κ3) is 4.33. The molecule has 7 aromatic rings. The molecule has 0 unspecified atom stereocenters. The van der Waals surface area contributed by atoms with Gasteiger partial charge in [-0.3, -0.25) is 0 Å². The third-order valence-electron chi connectivity index (χ3n) is 7.28. The number of para-hydroxylation sites is 1. The predicted octanol–water partition coefficient (Wildman–Crippen LogP) is 7.82. The molecule has 190 valence electrons. The molecular formula is C35H25BN2O2. The van der Waals surface area contributed by atoms with Gasteiger partial charge in [-0.15, -0.1) is 0 Å². The van der Waals surface area contributed by atoms with Gasteiger partial charge in [-0.1, -0.05) is 91.0 Å². The number of benzene rings is 5. The van der Waals surface area contributed by atoms with Crippen molar-refractivity contribution in [3.8, 4) is 45.1 Å². The maximum absolute atomic E-state index is 9.28. The molecule has 0 radical (unpaired) electrons. The molecule has 0 fully saturated rings. The van der Waals surface area contributed by atoms with E-state index in [0.29, 0.717) is 5.75 Å². The van der Waals surface area contributed by atoms with Gasteiger partial charge >= 0.3 is 7.69 Å². The summed E-state index contributed by atoms with van der Waals surface area (Å²) in [5.74, 6) is 0.641. The summed E-state index contributed by atoms with van der Waals surface area (Å²) in [6.45, 7) is 0. The van der Waals surface area contributed by atoms with E-state index >= 15 is 0 Å². The summed E-state index contributed by atoms with van der Waals surface area (Å²) in [7, 11) is -0.355. The van der Waals surface area contributed by atoms with Crippen LogP contribution in [0.3, 0.4) is 0 Å². The molecule has 0 aliphatic heterocycles. The van der Waals surface area contributed by atoms with Crippen molar-refractivity contribution >= 4 is 29.5 Å². The fourth-order valence-corrected chi connectivity index (χ4v) is 5.43. The monoisotopic (exact) mass is 516 g/mol. The fraction of sp³-hybridized carbons (Fsp3) is 0. The Morgan fingerprint density at radius 1 is 0.525 bits per heavy atom. The van der Waals surface area contributed by atoms with E-state index in [2.05, 4.69) is 102 Å². The van der Waals surface area contributed by atoms with E-state index in [9.17, 15) is 5.02 Å². The Labute approximate surface area is 233 Å². The van der Waals surface area contributed by atoms with Gasteiger partial charge in [-0.25, -0.2) is 4.98 Å². The lowest BCUT2D eigenvalue weighted by atomic mass is 10.00. The van der Waals surface area contributed by atoms with Crippen LogP contribution in [0.2, 0.25) is 0 Å². The van der Waals surface area contributed by atoms with Crippen molar-refractivity contribution in [2.24, 2.45) is 0 Å². The highest BCUT2D eigenvalue weighted by Crippen LogP contribution is 2.36. The molecule has 5 aromatic carbocycles. The zero-order chi connectivity index (χ0) is 26.9. The highest BCUT2D eigenvalue weighted by atomic mass is 16.5. The largest absolute Gasteiger partial charge is 0.539 e. The van der Waals surface area contributed by atoms with E-state index in [-0.39, 0.29) is 7.69 Å². The number of aromatic nitrogens is 2. The minimum Gasteiger partial charge on any atom is -0.539 e. The maximum atomic E-state index is 9.28. The van der Waals surface area contributed by atoms with Crippen molar-refractivity contribution < 1.29 is 9.68 Å². The minimum atomic E-state index is -0.355. The smallest absolute Gasteiger partial charge is 0.504 e. The van der Waals surface area contributed by atoms with Gasteiger partial charge in [-0.05, 0) is 59.7 Å². The first-order chi connectivity index (χ1) is 19.8. The van der Waals surface area contributed by atoms with E-state index in [0.717, 1.165) is 61.1 Å². The summed E-state index contributed by atoms with van der Waals surface area (Å²) in [5, 5.41) is 11.5. The summed E-state index contributed by atoms with van der Waals surface area (Å²) in [4.78, 5) is 5.13. The Kier molecular flexibility index (Phi) is 6.12. The fourth-order valence-electron chi connectivity index (χ4n) is 5.43. The van der Waals surface area contributed by atoms with Crippen LogP contribution < -0.4 is 4.65 Å². The quantitative estimate of drug-likeness (QED) is 0.229. The van der Waals surface area contributed by atoms with Crippen LogP contribution in [0, 0.1) is 0 Å². The SMILES string of the molecule is OBOc1ccc2c(c1)c1ccccc1n2-c1cccc(-c2cc(-c3ccccc3)cc(-c3ccccc3)n2)c1. The first kappa shape index (κ1) is 24.0. The van der Waals surface area contributed by atoms with Crippen LogP contribution in [0.15, 0.2) is 140 Å². The lowest BCUT2D eigenvalue weighted by molar-refractivity contribution is 0.454. The molecule has 0 saturated heterocycles. The van der Waals surface area contributed by atoms with Crippen LogP contribution in [-0.2, 0) is 0 Å². The van der Waals surface area contributed by atoms with E-state index in [1.165, 1.54) is 0 Å². The van der Waals surface area contributed by atoms with Crippen LogP contribution >= 0.6 is 0 Å². The van der Waals surface area contributed by atoms with Gasteiger partial charge in [-0.2, -0.15) is 0 Å². The van der Waals surface area contributed by atoms with Crippen molar-refractivity contribution in [1.82, 2.24) is 9.55 Å². The molecule has 7 rings (SSSR count). The lowest BCUT2D eigenvalue weighted by Crippen LogP contribution is -1.99. The molecular weight excluding hydrogens is 491 g/mol. The van der Waals surface area contributed by atoms with Gasteiger partial charge in [0.05, 0.1) is 22.4 Å². The van der Waals surface area contributed by atoms with Gasteiger partial charge in [0.1, 0.15) is 5.75 Å². The Balaban J connectivity index is 1.42. The topological polar surface area (TPSA) is 47.3 Å². The predicted molar refractivity (Wildman–Crippen MR) is 165 cm³/mol. The van der Waals surface area contributed by atoms with Crippen LogP contribution in [0.25, 0.3) is 61.1 Å². The number of hydrogen-bond donors (Lipinski definition) is 1. The lowest BCUT2D eigenvalue weighted by Gasteiger charge is -2.13. The maximum Gasteiger partial charge on any atom is 0.504 e. The first-order valence-electron chi connectivity index (χ1n) is 13.3. The summed E-state index contributed by atoms with van der Waals surface area (Å²) < 4.78 is 7.66. The molecule has 0 saturated carbocycles. The molecule has 0 aliphatic rings. The average molecular weight is 516 g/mol. The third-order valence-corrected chi connectivity index (χ3v) is 7.28. The first-order valence-corrected chi connectivity index (χ1v) is 13.3.